The van der Waals surface area contributed by atoms with Crippen LogP contribution in [0.4, 0.5) is 5.69 Å². The number of likely N-dealkylation sites (N-methyl/N-ethyl adjacent to an activating group) is 1. The molecule has 0 saturated carbocycles. The molecule has 3 rings (SSSR count). The smallest absolute Gasteiger partial charge is 0.244 e. The van der Waals surface area contributed by atoms with Crippen molar-refractivity contribution in [2.75, 3.05) is 23.7 Å². The van der Waals surface area contributed by atoms with Gasteiger partial charge in [-0.3, -0.25) is 13.9 Å². The largest absolute Gasteiger partial charge is 0.355 e. The number of rotatable bonds is 11. The van der Waals surface area contributed by atoms with Gasteiger partial charge in [0.15, 0.2) is 0 Å². The van der Waals surface area contributed by atoms with E-state index < -0.39 is 28.5 Å². The summed E-state index contributed by atoms with van der Waals surface area (Å²) in [5, 5.41) is 2.84. The maximum absolute atomic E-state index is 13.9. The zero-order chi connectivity index (χ0) is 27.0. The molecule has 0 radical (unpaired) electrons. The summed E-state index contributed by atoms with van der Waals surface area (Å²) < 4.78 is 28.1. The van der Waals surface area contributed by atoms with Gasteiger partial charge in [0.25, 0.3) is 0 Å². The van der Waals surface area contributed by atoms with Gasteiger partial charge in [-0.2, -0.15) is 0 Å². The molecule has 0 unspecified atom stereocenters. The molecule has 1 atom stereocenters. The van der Waals surface area contributed by atoms with E-state index in [1.165, 1.54) is 4.90 Å². The first-order chi connectivity index (χ1) is 17.6. The summed E-state index contributed by atoms with van der Waals surface area (Å²) >= 11 is 6.79. The van der Waals surface area contributed by atoms with E-state index in [-0.39, 0.29) is 18.9 Å². The third-order valence-corrected chi connectivity index (χ3v) is 7.83. The van der Waals surface area contributed by atoms with Crippen LogP contribution >= 0.6 is 31.9 Å². The molecule has 0 fully saturated rings. The summed E-state index contributed by atoms with van der Waals surface area (Å²) in [6.07, 6.45) is 1.34. The van der Waals surface area contributed by atoms with Crippen molar-refractivity contribution in [3.05, 3.63) is 98.9 Å². The third kappa shape index (κ3) is 8.41. The van der Waals surface area contributed by atoms with E-state index in [0.717, 1.165) is 26.2 Å². The molecule has 7 nitrogen and oxygen atoms in total. The van der Waals surface area contributed by atoms with Gasteiger partial charge in [0, 0.05) is 28.5 Å². The molecule has 10 heteroatoms. The molecule has 0 saturated heterocycles. The molecular formula is C27H29Br2N3O4S. The van der Waals surface area contributed by atoms with E-state index >= 15 is 0 Å². The number of hydrogen-bond donors (Lipinski definition) is 1. The van der Waals surface area contributed by atoms with Crippen molar-refractivity contribution < 1.29 is 18.0 Å². The Kier molecular flexibility index (Phi) is 10.3. The molecule has 3 aromatic carbocycles. The fourth-order valence-electron chi connectivity index (χ4n) is 3.88. The number of hydrogen-bond acceptors (Lipinski definition) is 4. The second kappa shape index (κ2) is 13.2. The molecule has 0 aliphatic rings. The van der Waals surface area contributed by atoms with Crippen LogP contribution in [-0.2, 0) is 32.6 Å². The highest BCUT2D eigenvalue weighted by atomic mass is 79.9. The lowest BCUT2D eigenvalue weighted by atomic mass is 10.0. The Labute approximate surface area is 235 Å². The van der Waals surface area contributed by atoms with Gasteiger partial charge in [-0.05, 0) is 48.4 Å². The number of carbonyl (C=O) groups is 2. The number of benzene rings is 3. The zero-order valence-electron chi connectivity index (χ0n) is 20.6. The average Bonchev–Trinajstić information content (AvgIpc) is 2.85. The van der Waals surface area contributed by atoms with E-state index in [4.69, 9.17) is 0 Å². The number of anilines is 1. The molecule has 0 heterocycles. The lowest BCUT2D eigenvalue weighted by Crippen LogP contribution is -2.53. The second-order valence-corrected chi connectivity index (χ2v) is 12.2. The van der Waals surface area contributed by atoms with Crippen molar-refractivity contribution in [3.63, 3.8) is 0 Å². The highest BCUT2D eigenvalue weighted by molar-refractivity contribution is 9.10. The summed E-state index contributed by atoms with van der Waals surface area (Å²) in [5.41, 5.74) is 2.05. The van der Waals surface area contributed by atoms with Crippen LogP contribution in [0.1, 0.15) is 18.1 Å². The molecule has 2 amide bonds. The Morgan fingerprint density at radius 3 is 2.16 bits per heavy atom. The van der Waals surface area contributed by atoms with Crippen molar-refractivity contribution in [2.24, 2.45) is 0 Å². The Morgan fingerprint density at radius 1 is 0.892 bits per heavy atom. The van der Waals surface area contributed by atoms with Crippen LogP contribution < -0.4 is 9.62 Å². The predicted molar refractivity (Wildman–Crippen MR) is 154 cm³/mol. The van der Waals surface area contributed by atoms with Crippen LogP contribution in [-0.4, -0.2) is 50.5 Å². The normalized spacial score (nSPS) is 12.0. The minimum atomic E-state index is -3.80. The second-order valence-electron chi connectivity index (χ2n) is 8.50. The zero-order valence-corrected chi connectivity index (χ0v) is 24.6. The van der Waals surface area contributed by atoms with Crippen molar-refractivity contribution in [2.45, 2.75) is 25.9 Å². The SMILES string of the molecule is CCNC(=O)[C@H](Cc1ccccc1)N(Cc1ccc(Br)cc1)C(=O)CN(c1cccc(Br)c1)S(C)(=O)=O. The fraction of sp³-hybridized carbons (Fsp3) is 0.259. The van der Waals surface area contributed by atoms with Gasteiger partial charge in [0.1, 0.15) is 12.6 Å². The van der Waals surface area contributed by atoms with E-state index in [1.807, 2.05) is 61.5 Å². The average molecular weight is 651 g/mol. The lowest BCUT2D eigenvalue weighted by Gasteiger charge is -2.33. The molecule has 0 aliphatic heterocycles. The Balaban J connectivity index is 2.03. The molecule has 0 bridgehead atoms. The molecule has 0 spiro atoms. The molecule has 37 heavy (non-hydrogen) atoms. The first kappa shape index (κ1) is 28.9. The van der Waals surface area contributed by atoms with Gasteiger partial charge >= 0.3 is 0 Å². The molecular weight excluding hydrogens is 622 g/mol. The Hall–Kier alpha value is -2.69. The molecule has 0 aliphatic carbocycles. The third-order valence-electron chi connectivity index (χ3n) is 5.66. The topological polar surface area (TPSA) is 86.8 Å². The van der Waals surface area contributed by atoms with Gasteiger partial charge in [-0.1, -0.05) is 80.4 Å². The monoisotopic (exact) mass is 649 g/mol. The van der Waals surface area contributed by atoms with E-state index in [9.17, 15) is 18.0 Å². The van der Waals surface area contributed by atoms with Crippen molar-refractivity contribution >= 4 is 59.4 Å². The van der Waals surface area contributed by atoms with Gasteiger partial charge in [-0.25, -0.2) is 8.42 Å². The standard InChI is InChI=1S/C27H29Br2N3O4S/c1-3-30-27(34)25(16-20-8-5-4-6-9-20)31(18-21-12-14-22(28)15-13-21)26(33)19-32(37(2,35)36)24-11-7-10-23(29)17-24/h4-15,17,25H,3,16,18-19H2,1-2H3,(H,30,34)/t25-/m0/s1. The first-order valence-corrected chi connectivity index (χ1v) is 15.1. The molecule has 3 aromatic rings. The van der Waals surface area contributed by atoms with Gasteiger partial charge in [-0.15, -0.1) is 0 Å². The molecule has 0 aromatic heterocycles. The van der Waals surface area contributed by atoms with Crippen LogP contribution in [0, 0.1) is 0 Å². The van der Waals surface area contributed by atoms with Crippen LogP contribution in [0.5, 0.6) is 0 Å². The lowest BCUT2D eigenvalue weighted by molar-refractivity contribution is -0.140. The minimum Gasteiger partial charge on any atom is -0.355 e. The summed E-state index contributed by atoms with van der Waals surface area (Å²) in [7, 11) is -3.80. The van der Waals surface area contributed by atoms with E-state index in [1.54, 1.807) is 24.3 Å². The van der Waals surface area contributed by atoms with Crippen LogP contribution in [0.15, 0.2) is 87.8 Å². The quantitative estimate of drug-likeness (QED) is 0.325. The van der Waals surface area contributed by atoms with Gasteiger partial charge in [0.2, 0.25) is 21.8 Å². The Morgan fingerprint density at radius 2 is 1.57 bits per heavy atom. The van der Waals surface area contributed by atoms with Crippen LogP contribution in [0.3, 0.4) is 0 Å². The highest BCUT2D eigenvalue weighted by Crippen LogP contribution is 2.23. The maximum Gasteiger partial charge on any atom is 0.244 e. The van der Waals surface area contributed by atoms with Crippen molar-refractivity contribution in [1.82, 2.24) is 10.2 Å². The number of sulfonamides is 1. The van der Waals surface area contributed by atoms with Crippen molar-refractivity contribution in [1.29, 1.82) is 0 Å². The van der Waals surface area contributed by atoms with Gasteiger partial charge in [0.05, 0.1) is 11.9 Å². The summed E-state index contributed by atoms with van der Waals surface area (Å²) in [5.74, 6) is -0.786. The minimum absolute atomic E-state index is 0.136. The number of nitrogens with zero attached hydrogens (tertiary/aromatic N) is 2. The number of halogens is 2. The molecule has 1 N–H and O–H groups in total. The number of nitrogens with one attached hydrogen (secondary N) is 1. The summed E-state index contributed by atoms with van der Waals surface area (Å²) in [4.78, 5) is 28.6. The summed E-state index contributed by atoms with van der Waals surface area (Å²) in [6.45, 7) is 1.91. The molecule has 196 valence electrons. The van der Waals surface area contributed by atoms with Gasteiger partial charge < -0.3 is 10.2 Å². The van der Waals surface area contributed by atoms with Crippen molar-refractivity contribution in [3.8, 4) is 0 Å². The predicted octanol–water partition coefficient (Wildman–Crippen LogP) is 4.75. The van der Waals surface area contributed by atoms with Crippen LogP contribution in [0.25, 0.3) is 0 Å². The highest BCUT2D eigenvalue weighted by Gasteiger charge is 2.32. The fourth-order valence-corrected chi connectivity index (χ4v) is 5.37. The Bertz CT molecular complexity index is 1320. The maximum atomic E-state index is 13.9. The van der Waals surface area contributed by atoms with Crippen LogP contribution in [0.2, 0.25) is 0 Å². The summed E-state index contributed by atoms with van der Waals surface area (Å²) in [6, 6.07) is 22.8. The van der Waals surface area contributed by atoms with E-state index in [0.29, 0.717) is 16.7 Å². The van der Waals surface area contributed by atoms with E-state index in [2.05, 4.69) is 37.2 Å². The number of carbonyl (C=O) groups excluding carboxylic acids is 2. The number of amides is 2. The first-order valence-electron chi connectivity index (χ1n) is 11.7.